The highest BCUT2D eigenvalue weighted by atomic mass is 32.1. The first kappa shape index (κ1) is 35.6. The summed E-state index contributed by atoms with van der Waals surface area (Å²) in [6.07, 6.45) is 0.163. The van der Waals surface area contributed by atoms with E-state index in [1.807, 2.05) is 36.4 Å². The molecular formula is C38H24O8S5. The Bertz CT molecular complexity index is 2450. The van der Waals surface area contributed by atoms with Crippen LogP contribution in [0.15, 0.2) is 97.1 Å². The number of carbonyl (C=O) groups excluding carboxylic acids is 2. The van der Waals surface area contributed by atoms with Crippen molar-refractivity contribution in [3.05, 3.63) is 119 Å². The van der Waals surface area contributed by atoms with Crippen LogP contribution < -0.4 is 0 Å². The molecule has 0 aliphatic heterocycles. The molecule has 0 unspecified atom stereocenters. The monoisotopic (exact) mass is 768 g/mol. The standard InChI is InChI=1S/C37H24O6S5.CO2/c1-19-14-31(27-10-8-25(44-27)20-4-2-6-22(15-20)36(40)41)47-34(19)29-12-13-30(46-29)35-24(18-33(38)39)17-32(48-35)28-11-9-26(45-28)21-5-3-7-23(16-21)37(42)43;2-1-3/h2-17H,18H2,1H3,(H,38,39)(H,40,41)(H,42,43);. The van der Waals surface area contributed by atoms with E-state index in [1.54, 1.807) is 93.1 Å². The predicted molar refractivity (Wildman–Crippen MR) is 203 cm³/mol. The van der Waals surface area contributed by atoms with Gasteiger partial charge in [-0.05, 0) is 102 Å². The van der Waals surface area contributed by atoms with E-state index in [1.165, 1.54) is 0 Å². The molecule has 5 aromatic heterocycles. The zero-order valence-electron chi connectivity index (χ0n) is 26.4. The summed E-state index contributed by atoms with van der Waals surface area (Å²) < 4.78 is 0. The van der Waals surface area contributed by atoms with E-state index in [9.17, 15) is 29.7 Å². The number of carboxylic acid groups (broad SMARTS) is 3. The van der Waals surface area contributed by atoms with E-state index in [4.69, 9.17) is 9.59 Å². The van der Waals surface area contributed by atoms with Crippen LogP contribution in [-0.2, 0) is 20.8 Å². The number of hydrogen-bond acceptors (Lipinski definition) is 10. The molecule has 0 radical (unpaired) electrons. The summed E-state index contributed by atoms with van der Waals surface area (Å²) in [5.74, 6) is -2.81. The average molecular weight is 769 g/mol. The first-order valence-electron chi connectivity index (χ1n) is 15.0. The first-order chi connectivity index (χ1) is 24.5. The van der Waals surface area contributed by atoms with Crippen molar-refractivity contribution in [1.29, 1.82) is 0 Å². The van der Waals surface area contributed by atoms with Gasteiger partial charge in [0.15, 0.2) is 0 Å². The molecule has 51 heavy (non-hydrogen) atoms. The van der Waals surface area contributed by atoms with Gasteiger partial charge in [-0.25, -0.2) is 9.59 Å². The van der Waals surface area contributed by atoms with Crippen LogP contribution in [0.5, 0.6) is 0 Å². The molecule has 7 rings (SSSR count). The van der Waals surface area contributed by atoms with E-state index in [0.717, 1.165) is 71.0 Å². The van der Waals surface area contributed by atoms with Gasteiger partial charge >= 0.3 is 24.1 Å². The van der Waals surface area contributed by atoms with Gasteiger partial charge in [-0.3, -0.25) is 4.79 Å². The Hall–Kier alpha value is -5.27. The number of carbonyl (C=O) groups is 3. The lowest BCUT2D eigenvalue weighted by Gasteiger charge is -1.99. The van der Waals surface area contributed by atoms with Gasteiger partial charge in [-0.2, -0.15) is 9.59 Å². The van der Waals surface area contributed by atoms with E-state index in [0.29, 0.717) is 0 Å². The van der Waals surface area contributed by atoms with Crippen LogP contribution >= 0.6 is 56.7 Å². The van der Waals surface area contributed by atoms with Crippen LogP contribution in [0.1, 0.15) is 31.8 Å². The molecule has 7 aromatic rings. The smallest absolute Gasteiger partial charge is 0.373 e. The second kappa shape index (κ2) is 15.3. The molecule has 0 aliphatic rings. The summed E-state index contributed by atoms with van der Waals surface area (Å²) in [5.41, 5.74) is 4.12. The van der Waals surface area contributed by atoms with Crippen LogP contribution in [0.25, 0.3) is 59.9 Å². The van der Waals surface area contributed by atoms with Crippen LogP contribution in [0.3, 0.4) is 0 Å². The van der Waals surface area contributed by atoms with Gasteiger partial charge in [-0.15, -0.1) is 56.7 Å². The minimum absolute atomic E-state index is 0.0871. The van der Waals surface area contributed by atoms with Crippen molar-refractivity contribution in [2.75, 3.05) is 0 Å². The van der Waals surface area contributed by atoms with Gasteiger partial charge in [0.05, 0.1) is 17.5 Å². The maximum atomic E-state index is 11.9. The lowest BCUT2D eigenvalue weighted by Crippen LogP contribution is -1.99. The number of rotatable bonds is 10. The lowest BCUT2D eigenvalue weighted by molar-refractivity contribution is -0.191. The van der Waals surface area contributed by atoms with Gasteiger partial charge < -0.3 is 15.3 Å². The first-order valence-corrected chi connectivity index (χ1v) is 19.1. The largest absolute Gasteiger partial charge is 0.481 e. The molecule has 8 nitrogen and oxygen atoms in total. The summed E-state index contributed by atoms with van der Waals surface area (Å²) in [4.78, 5) is 61.4. The van der Waals surface area contributed by atoms with E-state index >= 15 is 0 Å². The number of hydrogen-bond donors (Lipinski definition) is 3. The van der Waals surface area contributed by atoms with Gasteiger partial charge in [0.25, 0.3) is 0 Å². The molecule has 13 heteroatoms. The molecule has 3 N–H and O–H groups in total. The molecule has 0 aliphatic carbocycles. The molecule has 0 spiro atoms. The Morgan fingerprint density at radius 1 is 0.529 bits per heavy atom. The van der Waals surface area contributed by atoms with Crippen LogP contribution in [0, 0.1) is 6.92 Å². The Labute approximate surface area is 310 Å². The normalized spacial score (nSPS) is 10.7. The number of benzene rings is 2. The van der Waals surface area contributed by atoms with Gasteiger partial charge in [0.1, 0.15) is 0 Å². The summed E-state index contributed by atoms with van der Waals surface area (Å²) in [6, 6.07) is 30.2. The fourth-order valence-corrected chi connectivity index (χ4v) is 11.2. The van der Waals surface area contributed by atoms with Crippen molar-refractivity contribution in [2.45, 2.75) is 13.3 Å². The lowest BCUT2D eigenvalue weighted by atomic mass is 10.1. The third kappa shape index (κ3) is 7.89. The second-order valence-corrected chi connectivity index (χ2v) is 16.4. The highest BCUT2D eigenvalue weighted by Crippen LogP contribution is 2.48. The quantitative estimate of drug-likeness (QED) is 0.125. The van der Waals surface area contributed by atoms with Crippen LogP contribution in [-0.4, -0.2) is 39.4 Å². The fourth-order valence-electron chi connectivity index (χ4n) is 5.34. The summed E-state index contributed by atoms with van der Waals surface area (Å²) in [6.45, 7) is 2.10. The van der Waals surface area contributed by atoms with Crippen LogP contribution in [0.4, 0.5) is 0 Å². The summed E-state index contributed by atoms with van der Waals surface area (Å²) >= 11 is 8.12. The maximum Gasteiger partial charge on any atom is 0.373 e. The minimum atomic E-state index is -0.972. The van der Waals surface area contributed by atoms with Crippen molar-refractivity contribution in [1.82, 2.24) is 0 Å². The SMILES string of the molecule is Cc1cc(-c2ccc(-c3cccc(C(=O)O)c3)s2)sc1-c1ccc(-c2sc(-c3ccc(-c4cccc(C(=O)O)c4)s3)cc2CC(=O)O)s1.O=C=O. The molecule has 0 saturated carbocycles. The number of aromatic carboxylic acids is 2. The third-order valence-corrected chi connectivity index (χ3v) is 14.1. The maximum absolute atomic E-state index is 11.9. The van der Waals surface area contributed by atoms with Crippen molar-refractivity contribution in [2.24, 2.45) is 0 Å². The molecule has 0 saturated heterocycles. The molecule has 0 amide bonds. The Morgan fingerprint density at radius 3 is 1.47 bits per heavy atom. The topological polar surface area (TPSA) is 146 Å². The predicted octanol–water partition coefficient (Wildman–Crippen LogP) is 10.7. The number of carboxylic acids is 3. The van der Waals surface area contributed by atoms with Crippen molar-refractivity contribution in [3.8, 4) is 59.9 Å². The molecule has 0 bridgehead atoms. The zero-order valence-corrected chi connectivity index (χ0v) is 30.5. The molecule has 0 fully saturated rings. The summed E-state index contributed by atoms with van der Waals surface area (Å²) in [5, 5.41) is 28.5. The van der Waals surface area contributed by atoms with Gasteiger partial charge in [0.2, 0.25) is 0 Å². The van der Waals surface area contributed by atoms with Crippen LogP contribution in [0.2, 0.25) is 0 Å². The second-order valence-electron chi connectivity index (χ2n) is 11.0. The molecular weight excluding hydrogens is 745 g/mol. The molecule has 0 atom stereocenters. The van der Waals surface area contributed by atoms with E-state index in [-0.39, 0.29) is 23.7 Å². The van der Waals surface area contributed by atoms with E-state index < -0.39 is 17.9 Å². The van der Waals surface area contributed by atoms with Gasteiger partial charge in [0, 0.05) is 48.8 Å². The zero-order chi connectivity index (χ0) is 36.2. The fraction of sp³-hybridized carbons (Fsp3) is 0.0526. The summed E-state index contributed by atoms with van der Waals surface area (Å²) in [7, 11) is 0. The Morgan fingerprint density at radius 2 is 0.961 bits per heavy atom. The number of aliphatic carboxylic acids is 1. The minimum Gasteiger partial charge on any atom is -0.481 e. The van der Waals surface area contributed by atoms with Crippen molar-refractivity contribution < 1.29 is 39.3 Å². The highest BCUT2D eigenvalue weighted by molar-refractivity contribution is 7.30. The van der Waals surface area contributed by atoms with E-state index in [2.05, 4.69) is 31.2 Å². The number of thiophene rings is 5. The van der Waals surface area contributed by atoms with Crippen molar-refractivity contribution in [3.63, 3.8) is 0 Å². The third-order valence-electron chi connectivity index (χ3n) is 7.61. The number of aryl methyl sites for hydroxylation is 1. The Balaban J connectivity index is 0.00000144. The molecule has 5 heterocycles. The molecule has 254 valence electrons. The molecule has 2 aromatic carbocycles. The Kier molecular flexibility index (Phi) is 10.7. The van der Waals surface area contributed by atoms with Crippen molar-refractivity contribution >= 4 is 80.7 Å². The average Bonchev–Trinajstić information content (AvgIpc) is 3.95. The van der Waals surface area contributed by atoms with Gasteiger partial charge in [-0.1, -0.05) is 24.3 Å². The highest BCUT2D eigenvalue weighted by Gasteiger charge is 2.20.